The van der Waals surface area contributed by atoms with Crippen molar-refractivity contribution in [1.29, 1.82) is 0 Å². The fourth-order valence-corrected chi connectivity index (χ4v) is 5.43. The molecule has 0 unspecified atom stereocenters. The molecule has 1 aromatic carbocycles. The summed E-state index contributed by atoms with van der Waals surface area (Å²) in [6.45, 7) is 3.47. The van der Waals surface area contributed by atoms with Gasteiger partial charge in [0.15, 0.2) is 11.6 Å². The van der Waals surface area contributed by atoms with E-state index in [9.17, 15) is 14.7 Å². The smallest absolute Gasteiger partial charge is 0.276 e. The first-order valence-corrected chi connectivity index (χ1v) is 11.3. The molecule has 3 N–H and O–H groups in total. The quantitative estimate of drug-likeness (QED) is 0.267. The number of aromatic nitrogens is 2. The molecule has 160 valence electrons. The number of phenols is 1. The van der Waals surface area contributed by atoms with Crippen molar-refractivity contribution < 1.29 is 14.7 Å². The van der Waals surface area contributed by atoms with Crippen LogP contribution < -0.4 is 11.0 Å². The van der Waals surface area contributed by atoms with Crippen molar-refractivity contribution in [3.8, 4) is 26.9 Å². The Kier molecular flexibility index (Phi) is 4.77. The topological polar surface area (TPSA) is 113 Å². The van der Waals surface area contributed by atoms with Crippen molar-refractivity contribution in [3.63, 3.8) is 0 Å². The molecule has 10 heteroatoms. The van der Waals surface area contributed by atoms with E-state index in [-0.39, 0.29) is 11.6 Å². The van der Waals surface area contributed by atoms with Gasteiger partial charge in [-0.25, -0.2) is 15.8 Å². The highest BCUT2D eigenvalue weighted by Gasteiger charge is 2.35. The zero-order chi connectivity index (χ0) is 22.6. The molecule has 2 amide bonds. The number of aromatic hydroxyl groups is 1. The van der Waals surface area contributed by atoms with Crippen LogP contribution in [0.4, 0.5) is 5.82 Å². The Hall–Kier alpha value is -3.60. The molecule has 0 bridgehead atoms. The Bertz CT molecular complexity index is 1430. The third-order valence-corrected chi connectivity index (χ3v) is 7.23. The maximum atomic E-state index is 12.6. The molecule has 0 fully saturated rings. The van der Waals surface area contributed by atoms with Crippen LogP contribution in [-0.2, 0) is 9.59 Å². The maximum absolute atomic E-state index is 12.6. The molecule has 3 aromatic heterocycles. The highest BCUT2D eigenvalue weighted by Crippen LogP contribution is 2.42. The summed E-state index contributed by atoms with van der Waals surface area (Å²) in [6.07, 6.45) is 1.25. The summed E-state index contributed by atoms with van der Waals surface area (Å²) in [4.78, 5) is 36.8. The van der Waals surface area contributed by atoms with Gasteiger partial charge < -0.3 is 5.11 Å². The number of carbonyl (C=O) groups is 2. The number of amides is 2. The Labute approximate surface area is 190 Å². The van der Waals surface area contributed by atoms with Gasteiger partial charge in [0.1, 0.15) is 10.6 Å². The average Bonchev–Trinajstić information content (AvgIpc) is 3.47. The van der Waals surface area contributed by atoms with Gasteiger partial charge in [0, 0.05) is 16.5 Å². The molecule has 4 aromatic rings. The fraction of sp³-hybridized carbons (Fsp3) is 0.0909. The van der Waals surface area contributed by atoms with Crippen molar-refractivity contribution in [3.05, 3.63) is 59.0 Å². The number of benzene rings is 1. The number of phenolic OH excluding ortho intramolecular Hbond substituents is 1. The average molecular weight is 464 g/mol. The maximum Gasteiger partial charge on any atom is 0.276 e. The van der Waals surface area contributed by atoms with Gasteiger partial charge in [-0.2, -0.15) is 10.1 Å². The van der Waals surface area contributed by atoms with Crippen molar-refractivity contribution in [2.45, 2.75) is 13.8 Å². The zero-order valence-corrected chi connectivity index (χ0v) is 18.7. The normalized spacial score (nSPS) is 13.8. The van der Waals surface area contributed by atoms with Crippen molar-refractivity contribution in [1.82, 2.24) is 15.0 Å². The Morgan fingerprint density at radius 1 is 1.12 bits per heavy atom. The highest BCUT2D eigenvalue weighted by atomic mass is 32.1. The molecular formula is C22H17N5O3S2. The van der Waals surface area contributed by atoms with Crippen LogP contribution in [-0.4, -0.2) is 31.9 Å². The standard InChI is InChI=1S/C22H17N5O3S2/c1-11-9-16(29)26(22(11)30)27(23)20-17-12(2)18(13-5-3-6-14(28)10-13)32-21(17)25-19(24-20)15-7-4-8-31-15/h3-10,28H,23H2,1-2H3. The van der Waals surface area contributed by atoms with E-state index >= 15 is 0 Å². The molecule has 0 saturated carbocycles. The van der Waals surface area contributed by atoms with Gasteiger partial charge in [-0.15, -0.1) is 22.7 Å². The summed E-state index contributed by atoms with van der Waals surface area (Å²) in [5, 5.41) is 14.4. The number of hydrogen-bond donors (Lipinski definition) is 2. The van der Waals surface area contributed by atoms with Crippen LogP contribution in [0.3, 0.4) is 0 Å². The summed E-state index contributed by atoms with van der Waals surface area (Å²) >= 11 is 2.91. The summed E-state index contributed by atoms with van der Waals surface area (Å²) in [7, 11) is 0. The molecule has 1 aliphatic heterocycles. The minimum atomic E-state index is -0.527. The summed E-state index contributed by atoms with van der Waals surface area (Å²) in [5.74, 6) is 6.17. The fourth-order valence-electron chi connectivity index (χ4n) is 3.60. The second-order valence-corrected chi connectivity index (χ2v) is 9.21. The number of thiophene rings is 2. The molecule has 0 aliphatic carbocycles. The first kappa shape index (κ1) is 20.3. The zero-order valence-electron chi connectivity index (χ0n) is 17.1. The lowest BCUT2D eigenvalue weighted by atomic mass is 10.1. The molecule has 1 aliphatic rings. The van der Waals surface area contributed by atoms with Crippen LogP contribution in [0.1, 0.15) is 12.5 Å². The molecule has 4 heterocycles. The lowest BCUT2D eigenvalue weighted by molar-refractivity contribution is -0.138. The minimum absolute atomic E-state index is 0.153. The summed E-state index contributed by atoms with van der Waals surface area (Å²) < 4.78 is 0. The summed E-state index contributed by atoms with van der Waals surface area (Å²) in [6, 6.07) is 10.7. The van der Waals surface area contributed by atoms with Gasteiger partial charge in [-0.1, -0.05) is 18.2 Å². The molecule has 0 spiro atoms. The summed E-state index contributed by atoms with van der Waals surface area (Å²) in [5.41, 5.74) is 1.96. The van der Waals surface area contributed by atoms with E-state index in [0.29, 0.717) is 21.6 Å². The number of fused-ring (bicyclic) bond motifs is 1. The molecule has 5 rings (SSSR count). The predicted molar refractivity (Wildman–Crippen MR) is 125 cm³/mol. The van der Waals surface area contributed by atoms with Crippen LogP contribution in [0.2, 0.25) is 0 Å². The van der Waals surface area contributed by atoms with Gasteiger partial charge in [0.25, 0.3) is 11.8 Å². The second-order valence-electron chi connectivity index (χ2n) is 7.26. The molecule has 0 atom stereocenters. The van der Waals surface area contributed by atoms with E-state index < -0.39 is 11.8 Å². The van der Waals surface area contributed by atoms with E-state index in [4.69, 9.17) is 10.8 Å². The van der Waals surface area contributed by atoms with E-state index in [2.05, 4.69) is 4.98 Å². The Morgan fingerprint density at radius 2 is 1.94 bits per heavy atom. The SMILES string of the molecule is CC1=CC(=O)N(N(N)c2nc(-c3cccs3)nc3sc(-c4cccc(O)c4)c(C)c23)C1=O. The largest absolute Gasteiger partial charge is 0.508 e. The molecule has 0 saturated heterocycles. The number of nitrogens with zero attached hydrogens (tertiary/aromatic N) is 4. The van der Waals surface area contributed by atoms with Crippen LogP contribution in [0.25, 0.3) is 31.4 Å². The van der Waals surface area contributed by atoms with Crippen molar-refractivity contribution in [2.75, 3.05) is 5.12 Å². The van der Waals surface area contributed by atoms with Crippen LogP contribution in [0.15, 0.2) is 53.4 Å². The van der Waals surface area contributed by atoms with Crippen molar-refractivity contribution >= 4 is 50.5 Å². The van der Waals surface area contributed by atoms with Gasteiger partial charge in [0.2, 0.25) is 0 Å². The lowest BCUT2D eigenvalue weighted by Gasteiger charge is -2.27. The molecular weight excluding hydrogens is 446 g/mol. The number of carbonyl (C=O) groups excluding carboxylic acids is 2. The van der Waals surface area contributed by atoms with Gasteiger partial charge >= 0.3 is 0 Å². The number of nitrogens with two attached hydrogens (primary N) is 1. The third-order valence-electron chi connectivity index (χ3n) is 5.13. The van der Waals surface area contributed by atoms with Gasteiger partial charge in [0.05, 0.1) is 10.3 Å². The van der Waals surface area contributed by atoms with Gasteiger partial charge in [-0.3, -0.25) is 9.59 Å². The van der Waals surface area contributed by atoms with Gasteiger partial charge in [-0.05, 0) is 48.6 Å². The lowest BCUT2D eigenvalue weighted by Crippen LogP contribution is -2.52. The van der Waals surface area contributed by atoms with Crippen LogP contribution in [0, 0.1) is 6.92 Å². The third kappa shape index (κ3) is 3.16. The van der Waals surface area contributed by atoms with E-state index in [1.54, 1.807) is 25.1 Å². The van der Waals surface area contributed by atoms with E-state index in [0.717, 1.165) is 31.0 Å². The van der Waals surface area contributed by atoms with Crippen LogP contribution >= 0.6 is 22.7 Å². The monoisotopic (exact) mass is 463 g/mol. The molecule has 8 nitrogen and oxygen atoms in total. The number of aryl methyl sites for hydroxylation is 1. The Morgan fingerprint density at radius 3 is 2.59 bits per heavy atom. The minimum Gasteiger partial charge on any atom is -0.508 e. The number of anilines is 1. The number of hydrazine groups is 2. The highest BCUT2D eigenvalue weighted by molar-refractivity contribution is 7.22. The van der Waals surface area contributed by atoms with Crippen LogP contribution in [0.5, 0.6) is 5.75 Å². The van der Waals surface area contributed by atoms with E-state index in [1.165, 1.54) is 28.7 Å². The first-order valence-electron chi connectivity index (χ1n) is 9.61. The first-order chi connectivity index (χ1) is 15.3. The van der Waals surface area contributed by atoms with E-state index in [1.807, 2.05) is 30.5 Å². The number of rotatable bonds is 4. The Balaban J connectivity index is 1.75. The predicted octanol–water partition coefficient (Wildman–Crippen LogP) is 4.01. The number of hydrogen-bond acceptors (Lipinski definition) is 9. The van der Waals surface area contributed by atoms with Crippen molar-refractivity contribution in [2.24, 2.45) is 5.84 Å². The number of imide groups is 1. The molecule has 0 radical (unpaired) electrons. The second kappa shape index (κ2) is 7.52. The molecule has 32 heavy (non-hydrogen) atoms.